The zero-order valence-electron chi connectivity index (χ0n) is 15.9. The fraction of sp³-hybridized carbons (Fsp3) is 0.526. The van der Waals surface area contributed by atoms with Crippen LogP contribution in [-0.2, 0) is 16.1 Å². The summed E-state index contributed by atoms with van der Waals surface area (Å²) < 4.78 is 10.6. The van der Waals surface area contributed by atoms with E-state index in [1.807, 2.05) is 13.8 Å². The highest BCUT2D eigenvalue weighted by atomic mass is 16.7. The van der Waals surface area contributed by atoms with Crippen molar-refractivity contribution in [2.75, 3.05) is 13.4 Å². The zero-order chi connectivity index (χ0) is 20.3. The number of urea groups is 1. The van der Waals surface area contributed by atoms with Gasteiger partial charge in [0.2, 0.25) is 12.7 Å². The third kappa shape index (κ3) is 4.19. The molecule has 28 heavy (non-hydrogen) atoms. The first-order valence-electron chi connectivity index (χ1n) is 9.33. The van der Waals surface area contributed by atoms with Gasteiger partial charge in [0.15, 0.2) is 11.5 Å². The zero-order valence-corrected chi connectivity index (χ0v) is 15.9. The largest absolute Gasteiger partial charge is 0.454 e. The van der Waals surface area contributed by atoms with Gasteiger partial charge in [0.05, 0.1) is 25.6 Å². The van der Waals surface area contributed by atoms with Crippen LogP contribution in [0.2, 0.25) is 0 Å². The van der Waals surface area contributed by atoms with E-state index in [0.29, 0.717) is 11.5 Å². The van der Waals surface area contributed by atoms with Gasteiger partial charge in [-0.05, 0) is 23.6 Å². The van der Waals surface area contributed by atoms with Crippen LogP contribution in [0.5, 0.6) is 11.5 Å². The van der Waals surface area contributed by atoms with Gasteiger partial charge in [0, 0.05) is 0 Å². The van der Waals surface area contributed by atoms with Crippen LogP contribution in [0.1, 0.15) is 32.3 Å². The Morgan fingerprint density at radius 2 is 2.11 bits per heavy atom. The maximum atomic E-state index is 12.6. The SMILES string of the molecule is CC[C@@H](C)[C@@H](CO)NC(=O)C[C@@H]1NC(=O)N(Cc2ccc3c(c2)OCO3)C1=O. The van der Waals surface area contributed by atoms with Crippen molar-refractivity contribution in [3.8, 4) is 11.5 Å². The van der Waals surface area contributed by atoms with Crippen LogP contribution in [-0.4, -0.2) is 53.3 Å². The van der Waals surface area contributed by atoms with E-state index in [1.54, 1.807) is 18.2 Å². The summed E-state index contributed by atoms with van der Waals surface area (Å²) in [5.74, 6) is 0.450. The van der Waals surface area contributed by atoms with Crippen molar-refractivity contribution in [1.82, 2.24) is 15.5 Å². The summed E-state index contributed by atoms with van der Waals surface area (Å²) in [6.45, 7) is 3.93. The number of amides is 4. The average Bonchev–Trinajstić information content (AvgIpc) is 3.25. The minimum atomic E-state index is -0.919. The predicted octanol–water partition coefficient (Wildman–Crippen LogP) is 0.749. The molecular formula is C19H25N3O6. The Bertz CT molecular complexity index is 768. The van der Waals surface area contributed by atoms with Crippen molar-refractivity contribution in [2.24, 2.45) is 5.92 Å². The van der Waals surface area contributed by atoms with E-state index in [1.165, 1.54) is 0 Å². The first-order chi connectivity index (χ1) is 13.4. The molecule has 4 amide bonds. The van der Waals surface area contributed by atoms with Crippen LogP contribution in [0.25, 0.3) is 0 Å². The number of aliphatic hydroxyl groups is 1. The molecule has 1 aromatic rings. The molecule has 9 nitrogen and oxygen atoms in total. The van der Waals surface area contributed by atoms with Gasteiger partial charge in [-0.15, -0.1) is 0 Å². The maximum Gasteiger partial charge on any atom is 0.325 e. The molecule has 0 aromatic heterocycles. The van der Waals surface area contributed by atoms with Gasteiger partial charge in [0.1, 0.15) is 6.04 Å². The lowest BCUT2D eigenvalue weighted by molar-refractivity contribution is -0.131. The van der Waals surface area contributed by atoms with Gasteiger partial charge >= 0.3 is 6.03 Å². The number of carbonyl (C=O) groups excluding carboxylic acids is 3. The van der Waals surface area contributed by atoms with E-state index in [-0.39, 0.29) is 44.2 Å². The lowest BCUT2D eigenvalue weighted by Gasteiger charge is -2.22. The molecular weight excluding hydrogens is 366 g/mol. The molecule has 2 aliphatic heterocycles. The van der Waals surface area contributed by atoms with E-state index in [9.17, 15) is 19.5 Å². The number of aliphatic hydroxyl groups excluding tert-OH is 1. The highest BCUT2D eigenvalue weighted by Crippen LogP contribution is 2.33. The van der Waals surface area contributed by atoms with Crippen molar-refractivity contribution in [3.63, 3.8) is 0 Å². The topological polar surface area (TPSA) is 117 Å². The van der Waals surface area contributed by atoms with E-state index in [4.69, 9.17) is 9.47 Å². The quantitative estimate of drug-likeness (QED) is 0.563. The molecule has 1 aromatic carbocycles. The normalized spacial score (nSPS) is 20.1. The van der Waals surface area contributed by atoms with Gasteiger partial charge in [-0.1, -0.05) is 26.3 Å². The third-order valence-corrected chi connectivity index (χ3v) is 5.15. The summed E-state index contributed by atoms with van der Waals surface area (Å²) >= 11 is 0. The number of rotatable bonds is 8. The minimum Gasteiger partial charge on any atom is -0.454 e. The van der Waals surface area contributed by atoms with Crippen LogP contribution in [0.15, 0.2) is 18.2 Å². The maximum absolute atomic E-state index is 12.6. The summed E-state index contributed by atoms with van der Waals surface area (Å²) in [5, 5.41) is 14.7. The number of nitrogens with one attached hydrogen (secondary N) is 2. The van der Waals surface area contributed by atoms with Crippen molar-refractivity contribution >= 4 is 17.8 Å². The van der Waals surface area contributed by atoms with Gasteiger partial charge in [-0.2, -0.15) is 0 Å². The smallest absolute Gasteiger partial charge is 0.325 e. The second-order valence-electron chi connectivity index (χ2n) is 7.06. The molecule has 1 fully saturated rings. The Morgan fingerprint density at radius 3 is 2.82 bits per heavy atom. The molecule has 0 radical (unpaired) electrons. The van der Waals surface area contributed by atoms with Crippen molar-refractivity contribution in [3.05, 3.63) is 23.8 Å². The number of nitrogens with zero attached hydrogens (tertiary/aromatic N) is 1. The number of hydrogen-bond acceptors (Lipinski definition) is 6. The molecule has 2 heterocycles. The van der Waals surface area contributed by atoms with Gasteiger partial charge in [-0.3, -0.25) is 14.5 Å². The van der Waals surface area contributed by atoms with Crippen LogP contribution in [0.3, 0.4) is 0 Å². The van der Waals surface area contributed by atoms with Crippen LogP contribution in [0.4, 0.5) is 4.79 Å². The summed E-state index contributed by atoms with van der Waals surface area (Å²) in [4.78, 5) is 38.1. The third-order valence-electron chi connectivity index (χ3n) is 5.15. The highest BCUT2D eigenvalue weighted by Gasteiger charge is 2.39. The Morgan fingerprint density at radius 1 is 1.36 bits per heavy atom. The molecule has 1 saturated heterocycles. The minimum absolute atomic E-state index is 0.0750. The van der Waals surface area contributed by atoms with Crippen molar-refractivity contribution in [1.29, 1.82) is 0 Å². The first kappa shape index (κ1) is 19.9. The number of carbonyl (C=O) groups is 3. The van der Waals surface area contributed by atoms with Crippen LogP contribution >= 0.6 is 0 Å². The Labute approximate surface area is 163 Å². The number of fused-ring (bicyclic) bond motifs is 1. The number of imide groups is 1. The molecule has 3 rings (SSSR count). The Kier molecular flexibility index (Phi) is 6.03. The van der Waals surface area contributed by atoms with Crippen molar-refractivity contribution in [2.45, 2.75) is 45.3 Å². The number of benzene rings is 1. The van der Waals surface area contributed by atoms with Gasteiger partial charge < -0.3 is 25.2 Å². The highest BCUT2D eigenvalue weighted by molar-refractivity contribution is 6.05. The summed E-state index contributed by atoms with van der Waals surface area (Å²) in [5.41, 5.74) is 0.718. The first-order valence-corrected chi connectivity index (χ1v) is 9.33. The lowest BCUT2D eigenvalue weighted by atomic mass is 9.99. The fourth-order valence-corrected chi connectivity index (χ4v) is 3.19. The monoisotopic (exact) mass is 391 g/mol. The molecule has 0 bridgehead atoms. The summed E-state index contributed by atoms with van der Waals surface area (Å²) in [6, 6.07) is 3.37. The molecule has 9 heteroatoms. The molecule has 0 saturated carbocycles. The van der Waals surface area contributed by atoms with E-state index >= 15 is 0 Å². The summed E-state index contributed by atoms with van der Waals surface area (Å²) in [6.07, 6.45) is 0.628. The molecule has 3 atom stereocenters. The molecule has 2 aliphatic rings. The molecule has 3 N–H and O–H groups in total. The van der Waals surface area contributed by atoms with Gasteiger partial charge in [0.25, 0.3) is 5.91 Å². The van der Waals surface area contributed by atoms with Crippen LogP contribution in [0, 0.1) is 5.92 Å². The molecule has 152 valence electrons. The van der Waals surface area contributed by atoms with E-state index in [2.05, 4.69) is 10.6 Å². The number of ether oxygens (including phenoxy) is 2. The van der Waals surface area contributed by atoms with E-state index in [0.717, 1.165) is 16.9 Å². The average molecular weight is 391 g/mol. The standard InChI is InChI=1S/C19H25N3O6/c1-3-11(2)14(9-23)20-17(24)7-13-18(25)22(19(26)21-13)8-12-4-5-15-16(6-12)28-10-27-15/h4-6,11,13-14,23H,3,7-10H2,1-2H3,(H,20,24)(H,21,26)/t11-,13+,14-/m1/s1. The fourth-order valence-electron chi connectivity index (χ4n) is 3.19. The summed E-state index contributed by atoms with van der Waals surface area (Å²) in [7, 11) is 0. The predicted molar refractivity (Wildman–Crippen MR) is 98.5 cm³/mol. The molecule has 0 unspecified atom stereocenters. The second kappa shape index (κ2) is 8.47. The molecule has 0 spiro atoms. The van der Waals surface area contributed by atoms with Crippen LogP contribution < -0.4 is 20.1 Å². The lowest BCUT2D eigenvalue weighted by Crippen LogP contribution is -2.44. The Hall–Kier alpha value is -2.81. The van der Waals surface area contributed by atoms with Crippen molar-refractivity contribution < 1.29 is 29.0 Å². The Balaban J connectivity index is 1.59. The molecule has 0 aliphatic carbocycles. The second-order valence-corrected chi connectivity index (χ2v) is 7.06. The van der Waals surface area contributed by atoms with E-state index < -0.39 is 18.0 Å². The number of hydrogen-bond donors (Lipinski definition) is 3. The van der Waals surface area contributed by atoms with Gasteiger partial charge in [-0.25, -0.2) is 4.79 Å².